The summed E-state index contributed by atoms with van der Waals surface area (Å²) in [6.07, 6.45) is 2.09. The van der Waals surface area contributed by atoms with Gasteiger partial charge < -0.3 is 4.90 Å². The van der Waals surface area contributed by atoms with Crippen molar-refractivity contribution in [3.05, 3.63) is 66.2 Å². The highest BCUT2D eigenvalue weighted by Crippen LogP contribution is 2.39. The molecule has 2 aromatic carbocycles. The number of fused-ring (bicyclic) bond motifs is 1. The quantitative estimate of drug-likeness (QED) is 0.522. The number of rotatable bonds is 1. The average Bonchev–Trinajstić information content (AvgIpc) is 2.40. The van der Waals surface area contributed by atoms with Gasteiger partial charge in [-0.2, -0.15) is 0 Å². The van der Waals surface area contributed by atoms with Crippen molar-refractivity contribution in [1.82, 2.24) is 0 Å². The third-order valence-electron chi connectivity index (χ3n) is 3.26. The number of anilines is 2. The van der Waals surface area contributed by atoms with Crippen molar-refractivity contribution in [3.63, 3.8) is 0 Å². The number of alkyl halides is 1. The molecule has 90 valence electrons. The molecular formula is C16H14ClN. The number of allylic oxidation sites excluding steroid dienone is 1. The molecule has 0 bridgehead atoms. The van der Waals surface area contributed by atoms with Crippen LogP contribution in [0.1, 0.15) is 12.5 Å². The molecule has 0 N–H and O–H groups in total. The van der Waals surface area contributed by atoms with Crippen molar-refractivity contribution in [2.45, 2.75) is 12.4 Å². The van der Waals surface area contributed by atoms with Crippen molar-refractivity contribution in [3.8, 4) is 0 Å². The molecule has 0 aromatic heterocycles. The molecule has 0 radical (unpaired) electrons. The van der Waals surface area contributed by atoms with E-state index in [1.807, 2.05) is 18.2 Å². The van der Waals surface area contributed by atoms with E-state index in [-0.39, 0.29) is 5.50 Å². The largest absolute Gasteiger partial charge is 0.320 e. The summed E-state index contributed by atoms with van der Waals surface area (Å²) in [4.78, 5) is 2.16. The highest BCUT2D eigenvalue weighted by Gasteiger charge is 2.24. The maximum absolute atomic E-state index is 6.49. The fourth-order valence-electron chi connectivity index (χ4n) is 2.39. The maximum atomic E-state index is 6.49. The molecule has 0 aliphatic carbocycles. The number of halogens is 1. The van der Waals surface area contributed by atoms with Crippen molar-refractivity contribution in [1.29, 1.82) is 0 Å². The molecule has 2 heteroatoms. The molecule has 3 rings (SSSR count). The lowest BCUT2D eigenvalue weighted by atomic mass is 10.00. The minimum absolute atomic E-state index is 0.137. The van der Waals surface area contributed by atoms with Crippen molar-refractivity contribution in [2.24, 2.45) is 0 Å². The second-order valence-corrected chi connectivity index (χ2v) is 4.89. The first kappa shape index (κ1) is 11.4. The Labute approximate surface area is 112 Å². The van der Waals surface area contributed by atoms with E-state index in [2.05, 4.69) is 54.3 Å². The fraction of sp³-hybridized carbons (Fsp3) is 0.125. The van der Waals surface area contributed by atoms with Gasteiger partial charge >= 0.3 is 0 Å². The predicted octanol–water partition coefficient (Wildman–Crippen LogP) is 4.81. The highest BCUT2D eigenvalue weighted by atomic mass is 35.5. The van der Waals surface area contributed by atoms with Gasteiger partial charge in [-0.25, -0.2) is 0 Å². The zero-order valence-electron chi connectivity index (χ0n) is 10.2. The summed E-state index contributed by atoms with van der Waals surface area (Å²) >= 11 is 6.49. The standard InChI is InChI=1S/C16H14ClN/c1-12-11-16(17)18(13-7-3-2-4-8-13)15-10-6-5-9-14(12)15/h2-11,16H,1H3. The first-order valence-corrected chi connectivity index (χ1v) is 6.47. The fourth-order valence-corrected chi connectivity index (χ4v) is 2.80. The summed E-state index contributed by atoms with van der Waals surface area (Å²) < 4.78 is 0. The van der Waals surface area contributed by atoms with Crippen LogP contribution in [0, 0.1) is 0 Å². The molecule has 0 saturated carbocycles. The Balaban J connectivity index is 2.17. The molecule has 1 heterocycles. The van der Waals surface area contributed by atoms with Gasteiger partial charge in [-0.05, 0) is 36.8 Å². The summed E-state index contributed by atoms with van der Waals surface area (Å²) in [6.45, 7) is 2.11. The van der Waals surface area contributed by atoms with Crippen LogP contribution in [0.15, 0.2) is 60.7 Å². The van der Waals surface area contributed by atoms with Crippen molar-refractivity contribution in [2.75, 3.05) is 4.90 Å². The maximum Gasteiger partial charge on any atom is 0.128 e. The lowest BCUT2D eigenvalue weighted by Crippen LogP contribution is -2.28. The third-order valence-corrected chi connectivity index (χ3v) is 3.58. The molecule has 2 aromatic rings. The lowest BCUT2D eigenvalue weighted by Gasteiger charge is -2.34. The number of benzene rings is 2. The zero-order valence-corrected chi connectivity index (χ0v) is 10.9. The van der Waals surface area contributed by atoms with E-state index < -0.39 is 0 Å². The molecule has 1 nitrogen and oxygen atoms in total. The van der Waals surface area contributed by atoms with Crippen LogP contribution in [0.5, 0.6) is 0 Å². The topological polar surface area (TPSA) is 3.24 Å². The van der Waals surface area contributed by atoms with Crippen LogP contribution in [-0.2, 0) is 0 Å². The minimum Gasteiger partial charge on any atom is -0.320 e. The predicted molar refractivity (Wildman–Crippen MR) is 78.3 cm³/mol. The van der Waals surface area contributed by atoms with Gasteiger partial charge in [0.1, 0.15) is 5.50 Å². The van der Waals surface area contributed by atoms with Gasteiger partial charge in [-0.15, -0.1) is 0 Å². The summed E-state index contributed by atoms with van der Waals surface area (Å²) in [5, 5.41) is 0. The summed E-state index contributed by atoms with van der Waals surface area (Å²) in [5.74, 6) is 0. The van der Waals surface area contributed by atoms with Crippen LogP contribution >= 0.6 is 11.6 Å². The van der Waals surface area contributed by atoms with Gasteiger partial charge in [-0.3, -0.25) is 0 Å². The van der Waals surface area contributed by atoms with Gasteiger partial charge in [-0.1, -0.05) is 48.0 Å². The van der Waals surface area contributed by atoms with E-state index in [1.165, 1.54) is 16.8 Å². The van der Waals surface area contributed by atoms with Crippen LogP contribution < -0.4 is 4.90 Å². The molecular weight excluding hydrogens is 242 g/mol. The molecule has 1 aliphatic rings. The Bertz CT molecular complexity index is 589. The normalized spacial score (nSPS) is 18.2. The van der Waals surface area contributed by atoms with Crippen LogP contribution in [0.2, 0.25) is 0 Å². The average molecular weight is 256 g/mol. The minimum atomic E-state index is -0.137. The smallest absolute Gasteiger partial charge is 0.128 e. The first-order chi connectivity index (χ1) is 8.77. The Morgan fingerprint density at radius 1 is 0.944 bits per heavy atom. The van der Waals surface area contributed by atoms with Gasteiger partial charge in [0, 0.05) is 11.3 Å². The van der Waals surface area contributed by atoms with Crippen LogP contribution in [0.4, 0.5) is 11.4 Å². The van der Waals surface area contributed by atoms with Crippen LogP contribution in [0.3, 0.4) is 0 Å². The summed E-state index contributed by atoms with van der Waals surface area (Å²) in [6, 6.07) is 18.6. The lowest BCUT2D eigenvalue weighted by molar-refractivity contribution is 1.00. The molecule has 0 fully saturated rings. The molecule has 0 amide bonds. The Morgan fingerprint density at radius 3 is 2.39 bits per heavy atom. The number of para-hydroxylation sites is 2. The van der Waals surface area contributed by atoms with Crippen molar-refractivity contribution >= 4 is 28.5 Å². The van der Waals surface area contributed by atoms with Crippen LogP contribution in [-0.4, -0.2) is 5.50 Å². The monoisotopic (exact) mass is 255 g/mol. The zero-order chi connectivity index (χ0) is 12.5. The molecule has 1 aliphatic heterocycles. The van der Waals surface area contributed by atoms with E-state index in [1.54, 1.807) is 0 Å². The van der Waals surface area contributed by atoms with Gasteiger partial charge in [0.2, 0.25) is 0 Å². The molecule has 1 atom stereocenters. The van der Waals surface area contributed by atoms with Crippen molar-refractivity contribution < 1.29 is 0 Å². The summed E-state index contributed by atoms with van der Waals surface area (Å²) in [7, 11) is 0. The van der Waals surface area contributed by atoms with E-state index >= 15 is 0 Å². The molecule has 0 saturated heterocycles. The molecule has 1 unspecified atom stereocenters. The van der Waals surface area contributed by atoms with E-state index in [9.17, 15) is 0 Å². The number of hydrogen-bond acceptors (Lipinski definition) is 1. The van der Waals surface area contributed by atoms with Gasteiger partial charge in [0.05, 0.1) is 5.69 Å². The number of nitrogens with zero attached hydrogens (tertiary/aromatic N) is 1. The molecule has 0 spiro atoms. The SMILES string of the molecule is CC1=CC(Cl)N(c2ccccc2)c2ccccc21. The highest BCUT2D eigenvalue weighted by molar-refractivity contribution is 6.24. The van der Waals surface area contributed by atoms with E-state index in [0.29, 0.717) is 0 Å². The van der Waals surface area contributed by atoms with Gasteiger partial charge in [0.15, 0.2) is 0 Å². The molecule has 18 heavy (non-hydrogen) atoms. The Hall–Kier alpha value is -1.73. The first-order valence-electron chi connectivity index (χ1n) is 6.03. The Morgan fingerprint density at radius 2 is 1.61 bits per heavy atom. The van der Waals surface area contributed by atoms with E-state index in [0.717, 1.165) is 5.69 Å². The van der Waals surface area contributed by atoms with Crippen LogP contribution in [0.25, 0.3) is 5.57 Å². The third kappa shape index (κ3) is 1.81. The van der Waals surface area contributed by atoms with E-state index in [4.69, 9.17) is 11.6 Å². The number of hydrogen-bond donors (Lipinski definition) is 0. The Kier molecular flexibility index (Phi) is 2.85. The van der Waals surface area contributed by atoms with Gasteiger partial charge in [0.25, 0.3) is 0 Å². The second-order valence-electron chi connectivity index (χ2n) is 4.45. The second kappa shape index (κ2) is 4.51. The summed E-state index contributed by atoms with van der Waals surface area (Å²) in [5.41, 5.74) is 4.63.